The van der Waals surface area contributed by atoms with Gasteiger partial charge in [-0.3, -0.25) is 4.79 Å². The molecule has 0 unspecified atom stereocenters. The molecule has 5 nitrogen and oxygen atoms in total. The van der Waals surface area contributed by atoms with Gasteiger partial charge in [-0.05, 0) is 24.1 Å². The highest BCUT2D eigenvalue weighted by Crippen LogP contribution is 2.25. The lowest BCUT2D eigenvalue weighted by molar-refractivity contribution is 0.102. The maximum atomic E-state index is 12.2. The van der Waals surface area contributed by atoms with Crippen LogP contribution < -0.4 is 10.6 Å². The van der Waals surface area contributed by atoms with Gasteiger partial charge in [-0.15, -0.1) is 0 Å². The molecule has 7 heteroatoms. The fraction of sp³-hybridized carbons (Fsp3) is 0.267. The number of amides is 1. The van der Waals surface area contributed by atoms with Gasteiger partial charge in [0.1, 0.15) is 17.8 Å². The predicted octanol–water partition coefficient (Wildman–Crippen LogP) is 4.10. The molecule has 2 rings (SSSR count). The number of nitrogens with one attached hydrogen (secondary N) is 2. The highest BCUT2D eigenvalue weighted by atomic mass is 35.5. The van der Waals surface area contributed by atoms with Crippen molar-refractivity contribution in [3.05, 3.63) is 46.3 Å². The molecular weight excluding hydrogens is 323 g/mol. The second kappa shape index (κ2) is 7.42. The maximum Gasteiger partial charge on any atom is 0.274 e. The number of carbonyl (C=O) groups is 1. The molecule has 0 atom stereocenters. The summed E-state index contributed by atoms with van der Waals surface area (Å²) in [7, 11) is 0. The van der Waals surface area contributed by atoms with Crippen molar-refractivity contribution < 1.29 is 4.79 Å². The Kier molecular flexibility index (Phi) is 5.57. The molecular formula is C15H16Cl2N4O. The van der Waals surface area contributed by atoms with E-state index in [4.69, 9.17) is 23.2 Å². The minimum absolute atomic E-state index is 0.257. The van der Waals surface area contributed by atoms with E-state index in [-0.39, 0.29) is 11.6 Å². The quantitative estimate of drug-likeness (QED) is 0.860. The molecule has 0 spiro atoms. The van der Waals surface area contributed by atoms with E-state index in [1.54, 1.807) is 24.3 Å². The van der Waals surface area contributed by atoms with Gasteiger partial charge in [0.15, 0.2) is 0 Å². The molecule has 0 bridgehead atoms. The summed E-state index contributed by atoms with van der Waals surface area (Å²) in [5.41, 5.74) is 0.735. The van der Waals surface area contributed by atoms with Crippen molar-refractivity contribution in [3.8, 4) is 0 Å². The van der Waals surface area contributed by atoms with Crippen LogP contribution in [-0.4, -0.2) is 22.4 Å². The number of halogens is 2. The molecule has 1 heterocycles. The van der Waals surface area contributed by atoms with Crippen LogP contribution in [0.1, 0.15) is 24.3 Å². The van der Waals surface area contributed by atoms with Crippen LogP contribution in [0.2, 0.25) is 10.0 Å². The second-order valence-electron chi connectivity index (χ2n) is 5.14. The van der Waals surface area contributed by atoms with E-state index in [9.17, 15) is 4.79 Å². The lowest BCUT2D eigenvalue weighted by Crippen LogP contribution is -2.16. The van der Waals surface area contributed by atoms with Gasteiger partial charge in [0.05, 0.1) is 10.7 Å². The number of rotatable bonds is 5. The topological polar surface area (TPSA) is 66.9 Å². The minimum atomic E-state index is -0.362. The fourth-order valence-electron chi connectivity index (χ4n) is 1.66. The van der Waals surface area contributed by atoms with E-state index >= 15 is 0 Å². The molecule has 2 N–H and O–H groups in total. The van der Waals surface area contributed by atoms with Crippen molar-refractivity contribution in [2.45, 2.75) is 13.8 Å². The van der Waals surface area contributed by atoms with Crippen LogP contribution in [0.4, 0.5) is 11.5 Å². The third-order valence-corrected chi connectivity index (χ3v) is 3.32. The van der Waals surface area contributed by atoms with Crippen molar-refractivity contribution >= 4 is 40.6 Å². The van der Waals surface area contributed by atoms with Crippen molar-refractivity contribution in [2.24, 2.45) is 5.92 Å². The molecule has 0 fully saturated rings. The highest BCUT2D eigenvalue weighted by Gasteiger charge is 2.11. The summed E-state index contributed by atoms with van der Waals surface area (Å²) >= 11 is 11.9. The molecule has 1 amide bonds. The summed E-state index contributed by atoms with van der Waals surface area (Å²) in [5, 5.41) is 6.72. The first kappa shape index (κ1) is 16.5. The van der Waals surface area contributed by atoms with Gasteiger partial charge in [-0.2, -0.15) is 0 Å². The van der Waals surface area contributed by atoms with E-state index < -0.39 is 0 Å². The van der Waals surface area contributed by atoms with Gasteiger partial charge in [0.2, 0.25) is 0 Å². The summed E-state index contributed by atoms with van der Waals surface area (Å²) in [4.78, 5) is 20.3. The zero-order chi connectivity index (χ0) is 16.1. The Bertz CT molecular complexity index is 676. The Morgan fingerprint density at radius 1 is 1.23 bits per heavy atom. The van der Waals surface area contributed by atoms with Crippen LogP contribution in [0.15, 0.2) is 30.6 Å². The largest absolute Gasteiger partial charge is 0.370 e. The summed E-state index contributed by atoms with van der Waals surface area (Å²) in [6.45, 7) is 4.94. The molecule has 0 aliphatic carbocycles. The Morgan fingerprint density at radius 2 is 2.00 bits per heavy atom. The zero-order valence-corrected chi connectivity index (χ0v) is 13.7. The predicted molar refractivity (Wildman–Crippen MR) is 89.8 cm³/mol. The van der Waals surface area contributed by atoms with Crippen LogP contribution in [0.5, 0.6) is 0 Å². The normalized spacial score (nSPS) is 10.6. The molecule has 2 aromatic rings. The third-order valence-electron chi connectivity index (χ3n) is 2.77. The molecule has 22 heavy (non-hydrogen) atoms. The average Bonchev–Trinajstić information content (AvgIpc) is 2.48. The van der Waals surface area contributed by atoms with E-state index in [0.29, 0.717) is 27.5 Å². The minimum Gasteiger partial charge on any atom is -0.370 e. The Balaban J connectivity index is 2.10. The van der Waals surface area contributed by atoms with Gasteiger partial charge in [-0.25, -0.2) is 9.97 Å². The van der Waals surface area contributed by atoms with E-state index in [0.717, 1.165) is 6.54 Å². The van der Waals surface area contributed by atoms with Crippen LogP contribution in [0, 0.1) is 5.92 Å². The first-order chi connectivity index (χ1) is 10.5. The molecule has 1 aromatic heterocycles. The molecule has 0 saturated heterocycles. The van der Waals surface area contributed by atoms with Gasteiger partial charge in [-0.1, -0.05) is 37.0 Å². The molecule has 0 aliphatic rings. The molecule has 0 saturated carbocycles. The summed E-state index contributed by atoms with van der Waals surface area (Å²) < 4.78 is 0. The summed E-state index contributed by atoms with van der Waals surface area (Å²) in [6.07, 6.45) is 1.35. The van der Waals surface area contributed by atoms with Crippen LogP contribution in [0.25, 0.3) is 0 Å². The number of aromatic nitrogens is 2. The Morgan fingerprint density at radius 3 is 2.68 bits per heavy atom. The van der Waals surface area contributed by atoms with Crippen molar-refractivity contribution in [3.63, 3.8) is 0 Å². The van der Waals surface area contributed by atoms with Crippen molar-refractivity contribution in [1.82, 2.24) is 9.97 Å². The Hall–Kier alpha value is -1.85. The van der Waals surface area contributed by atoms with Crippen molar-refractivity contribution in [1.29, 1.82) is 0 Å². The SMILES string of the molecule is CC(C)CNc1cc(C(=O)Nc2ccc(Cl)cc2Cl)ncn1. The molecule has 0 radical (unpaired) electrons. The molecule has 116 valence electrons. The number of hydrogen-bond acceptors (Lipinski definition) is 4. The molecule has 1 aromatic carbocycles. The monoisotopic (exact) mass is 338 g/mol. The third kappa shape index (κ3) is 4.58. The number of anilines is 2. The van der Waals surface area contributed by atoms with Gasteiger partial charge in [0, 0.05) is 17.6 Å². The van der Waals surface area contributed by atoms with Crippen LogP contribution >= 0.6 is 23.2 Å². The Labute approximate surface area is 139 Å². The van der Waals surface area contributed by atoms with Crippen molar-refractivity contribution in [2.75, 3.05) is 17.2 Å². The van der Waals surface area contributed by atoms with E-state index in [1.807, 2.05) is 0 Å². The first-order valence-electron chi connectivity index (χ1n) is 6.78. The molecule has 0 aliphatic heterocycles. The second-order valence-corrected chi connectivity index (χ2v) is 5.99. The summed E-state index contributed by atoms with van der Waals surface area (Å²) in [6, 6.07) is 6.45. The zero-order valence-electron chi connectivity index (χ0n) is 12.2. The van der Waals surface area contributed by atoms with E-state index in [2.05, 4.69) is 34.4 Å². The smallest absolute Gasteiger partial charge is 0.274 e. The number of benzene rings is 1. The fourth-order valence-corrected chi connectivity index (χ4v) is 2.12. The maximum absolute atomic E-state index is 12.2. The van der Waals surface area contributed by atoms with Crippen LogP contribution in [0.3, 0.4) is 0 Å². The lowest BCUT2D eigenvalue weighted by atomic mass is 10.2. The number of hydrogen-bond donors (Lipinski definition) is 2. The number of carbonyl (C=O) groups excluding carboxylic acids is 1. The van der Waals surface area contributed by atoms with E-state index in [1.165, 1.54) is 6.33 Å². The summed E-state index contributed by atoms with van der Waals surface area (Å²) in [5.74, 6) is 0.718. The standard InChI is InChI=1S/C15H16Cl2N4O/c1-9(2)7-18-14-6-13(19-8-20-14)15(22)21-12-4-3-10(16)5-11(12)17/h3-6,8-9H,7H2,1-2H3,(H,21,22)(H,18,19,20). The van der Waals surface area contributed by atoms with Gasteiger partial charge >= 0.3 is 0 Å². The lowest BCUT2D eigenvalue weighted by Gasteiger charge is -2.10. The number of nitrogens with zero attached hydrogens (tertiary/aromatic N) is 2. The highest BCUT2D eigenvalue weighted by molar-refractivity contribution is 6.36. The first-order valence-corrected chi connectivity index (χ1v) is 7.53. The average molecular weight is 339 g/mol. The van der Waals surface area contributed by atoms with Gasteiger partial charge in [0.25, 0.3) is 5.91 Å². The van der Waals surface area contributed by atoms with Crippen LogP contribution in [-0.2, 0) is 0 Å². The van der Waals surface area contributed by atoms with Gasteiger partial charge < -0.3 is 10.6 Å².